The van der Waals surface area contributed by atoms with E-state index in [2.05, 4.69) is 71.7 Å². The number of aromatic nitrogens is 3. The van der Waals surface area contributed by atoms with Crippen molar-refractivity contribution in [1.82, 2.24) is 15.2 Å². The molecule has 6 heteroatoms. The molecular weight excluding hydrogens is 350 g/mol. The minimum absolute atomic E-state index is 0.394. The molecule has 3 rings (SSSR count). The number of hydrogen-bond donors (Lipinski definition) is 2. The minimum atomic E-state index is 0.394. The Morgan fingerprint density at radius 3 is 2.21 bits per heavy atom. The molecule has 2 N–H and O–H groups in total. The van der Waals surface area contributed by atoms with Crippen molar-refractivity contribution in [3.8, 4) is 5.75 Å². The summed E-state index contributed by atoms with van der Waals surface area (Å²) in [7, 11) is 1.64. The van der Waals surface area contributed by atoms with Gasteiger partial charge in [0, 0.05) is 17.4 Å². The van der Waals surface area contributed by atoms with Gasteiger partial charge in [0.05, 0.1) is 13.3 Å². The second kappa shape index (κ2) is 8.69. The fourth-order valence-electron chi connectivity index (χ4n) is 3.07. The van der Waals surface area contributed by atoms with Crippen molar-refractivity contribution in [2.75, 3.05) is 17.7 Å². The highest BCUT2D eigenvalue weighted by Crippen LogP contribution is 2.34. The second-order valence-corrected chi connectivity index (χ2v) is 7.27. The Morgan fingerprint density at radius 2 is 1.57 bits per heavy atom. The predicted octanol–water partition coefficient (Wildman–Crippen LogP) is 5.61. The molecule has 0 fully saturated rings. The Hall–Kier alpha value is -3.15. The molecule has 0 atom stereocenters. The number of anilines is 4. The van der Waals surface area contributed by atoms with Gasteiger partial charge in [0.2, 0.25) is 5.95 Å². The molecule has 0 unspecified atom stereocenters. The van der Waals surface area contributed by atoms with E-state index in [1.165, 1.54) is 11.1 Å². The van der Waals surface area contributed by atoms with E-state index >= 15 is 0 Å². The van der Waals surface area contributed by atoms with E-state index < -0.39 is 0 Å². The van der Waals surface area contributed by atoms with Crippen LogP contribution in [-0.2, 0) is 0 Å². The lowest BCUT2D eigenvalue weighted by Crippen LogP contribution is -2.07. The lowest BCUT2D eigenvalue weighted by atomic mass is 9.92. The van der Waals surface area contributed by atoms with Crippen molar-refractivity contribution in [2.24, 2.45) is 0 Å². The van der Waals surface area contributed by atoms with Crippen molar-refractivity contribution < 1.29 is 4.74 Å². The summed E-state index contributed by atoms with van der Waals surface area (Å²) in [5, 5.41) is 14.8. The maximum atomic E-state index is 5.26. The molecule has 1 aromatic heterocycles. The molecule has 1 heterocycles. The maximum Gasteiger partial charge on any atom is 0.249 e. The van der Waals surface area contributed by atoms with E-state index in [9.17, 15) is 0 Å². The molecule has 0 radical (unpaired) electrons. The van der Waals surface area contributed by atoms with Gasteiger partial charge in [-0.1, -0.05) is 52.0 Å². The summed E-state index contributed by atoms with van der Waals surface area (Å²) in [6.45, 7) is 8.77. The van der Waals surface area contributed by atoms with Crippen LogP contribution < -0.4 is 15.4 Å². The Balaban J connectivity index is 1.89. The molecule has 146 valence electrons. The van der Waals surface area contributed by atoms with Crippen LogP contribution in [0.3, 0.4) is 0 Å². The topological polar surface area (TPSA) is 72.0 Å². The third kappa shape index (κ3) is 4.57. The molecule has 0 aliphatic heterocycles. The number of hydrogen-bond acceptors (Lipinski definition) is 6. The first-order valence-electron chi connectivity index (χ1n) is 9.48. The summed E-state index contributed by atoms with van der Waals surface area (Å²) in [6.07, 6.45) is 1.64. The molecule has 0 aliphatic rings. The quantitative estimate of drug-likeness (QED) is 0.557. The van der Waals surface area contributed by atoms with Crippen LogP contribution in [0.2, 0.25) is 0 Å². The van der Waals surface area contributed by atoms with Gasteiger partial charge in [-0.05, 0) is 35.1 Å². The van der Waals surface area contributed by atoms with Gasteiger partial charge in [0.25, 0.3) is 0 Å². The van der Waals surface area contributed by atoms with Gasteiger partial charge in [-0.2, -0.15) is 10.1 Å². The van der Waals surface area contributed by atoms with Crippen LogP contribution in [0.4, 0.5) is 23.1 Å². The van der Waals surface area contributed by atoms with Gasteiger partial charge < -0.3 is 15.4 Å². The van der Waals surface area contributed by atoms with Crippen LogP contribution in [0.25, 0.3) is 0 Å². The Morgan fingerprint density at radius 1 is 0.893 bits per heavy atom. The monoisotopic (exact) mass is 377 g/mol. The van der Waals surface area contributed by atoms with Gasteiger partial charge in [-0.3, -0.25) is 0 Å². The van der Waals surface area contributed by atoms with Crippen LogP contribution in [0, 0.1) is 0 Å². The molecular formula is C22H27N5O. The largest absolute Gasteiger partial charge is 0.497 e. The average molecular weight is 377 g/mol. The second-order valence-electron chi connectivity index (χ2n) is 7.27. The number of ether oxygens (including phenoxy) is 1. The van der Waals surface area contributed by atoms with Crippen LogP contribution in [-0.4, -0.2) is 22.3 Å². The first-order chi connectivity index (χ1) is 13.5. The summed E-state index contributed by atoms with van der Waals surface area (Å²) in [4.78, 5) is 4.58. The molecule has 28 heavy (non-hydrogen) atoms. The summed E-state index contributed by atoms with van der Waals surface area (Å²) < 4.78 is 5.26. The fourth-order valence-corrected chi connectivity index (χ4v) is 3.07. The third-order valence-electron chi connectivity index (χ3n) is 4.51. The van der Waals surface area contributed by atoms with E-state index in [1.807, 2.05) is 24.3 Å². The van der Waals surface area contributed by atoms with Crippen molar-refractivity contribution in [1.29, 1.82) is 0 Å². The third-order valence-corrected chi connectivity index (χ3v) is 4.51. The van der Waals surface area contributed by atoms with Crippen molar-refractivity contribution in [3.63, 3.8) is 0 Å². The van der Waals surface area contributed by atoms with Crippen LogP contribution in [0.5, 0.6) is 5.75 Å². The van der Waals surface area contributed by atoms with E-state index in [1.54, 1.807) is 13.3 Å². The molecule has 0 spiro atoms. The Bertz CT molecular complexity index is 913. The smallest absolute Gasteiger partial charge is 0.249 e. The van der Waals surface area contributed by atoms with Crippen LogP contribution in [0.15, 0.2) is 48.7 Å². The van der Waals surface area contributed by atoms with Crippen molar-refractivity contribution in [3.05, 3.63) is 59.8 Å². The number of methoxy groups -OCH3 is 1. The van der Waals surface area contributed by atoms with E-state index in [0.29, 0.717) is 23.6 Å². The number of nitrogens with one attached hydrogen (secondary N) is 2. The SMILES string of the molecule is COc1cccc(Nc2nncc(Nc3c(C(C)C)cccc3C(C)C)n2)c1. The highest BCUT2D eigenvalue weighted by molar-refractivity contribution is 5.67. The van der Waals surface area contributed by atoms with Crippen molar-refractivity contribution >= 4 is 23.1 Å². The molecule has 6 nitrogen and oxygen atoms in total. The lowest BCUT2D eigenvalue weighted by Gasteiger charge is -2.20. The molecule has 3 aromatic rings. The standard InChI is InChI=1S/C22H27N5O/c1-14(2)18-10-7-11-19(15(3)4)21(18)25-20-13-23-27-22(26-20)24-16-8-6-9-17(12-16)28-5/h6-15H,1-5H3,(H2,24,25,26,27). The highest BCUT2D eigenvalue weighted by atomic mass is 16.5. The number of nitrogens with zero attached hydrogens (tertiary/aromatic N) is 3. The van der Waals surface area contributed by atoms with E-state index in [0.717, 1.165) is 17.1 Å². The Kier molecular flexibility index (Phi) is 6.09. The van der Waals surface area contributed by atoms with Crippen molar-refractivity contribution in [2.45, 2.75) is 39.5 Å². The van der Waals surface area contributed by atoms with E-state index in [4.69, 9.17) is 4.74 Å². The first kappa shape index (κ1) is 19.6. The lowest BCUT2D eigenvalue weighted by molar-refractivity contribution is 0.415. The maximum absolute atomic E-state index is 5.26. The first-order valence-corrected chi connectivity index (χ1v) is 9.48. The zero-order valence-electron chi connectivity index (χ0n) is 17.0. The molecule has 0 aliphatic carbocycles. The van der Waals surface area contributed by atoms with Gasteiger partial charge >= 0.3 is 0 Å². The molecule has 0 saturated carbocycles. The van der Waals surface area contributed by atoms with Gasteiger partial charge in [0.1, 0.15) is 5.75 Å². The van der Waals surface area contributed by atoms with E-state index in [-0.39, 0.29) is 0 Å². The normalized spacial score (nSPS) is 11.0. The summed E-state index contributed by atoms with van der Waals surface area (Å²) in [6, 6.07) is 14.0. The molecule has 0 saturated heterocycles. The fraction of sp³-hybridized carbons (Fsp3) is 0.318. The number of benzene rings is 2. The predicted molar refractivity (Wildman–Crippen MR) is 114 cm³/mol. The molecule has 0 amide bonds. The zero-order chi connectivity index (χ0) is 20.1. The molecule has 2 aromatic carbocycles. The summed E-state index contributed by atoms with van der Waals surface area (Å²) >= 11 is 0. The van der Waals surface area contributed by atoms with Gasteiger partial charge in [-0.25, -0.2) is 0 Å². The number of para-hydroxylation sites is 1. The van der Waals surface area contributed by atoms with Crippen LogP contribution >= 0.6 is 0 Å². The van der Waals surface area contributed by atoms with Gasteiger partial charge in [-0.15, -0.1) is 5.10 Å². The molecule has 0 bridgehead atoms. The average Bonchev–Trinajstić information content (AvgIpc) is 2.68. The zero-order valence-corrected chi connectivity index (χ0v) is 17.0. The van der Waals surface area contributed by atoms with Crippen LogP contribution in [0.1, 0.15) is 50.7 Å². The summed E-state index contributed by atoms with van der Waals surface area (Å²) in [5.41, 5.74) is 4.45. The summed E-state index contributed by atoms with van der Waals surface area (Å²) in [5.74, 6) is 2.62. The highest BCUT2D eigenvalue weighted by Gasteiger charge is 2.15. The Labute approximate surface area is 166 Å². The number of rotatable bonds is 7. The van der Waals surface area contributed by atoms with Gasteiger partial charge in [0.15, 0.2) is 5.82 Å². The minimum Gasteiger partial charge on any atom is -0.497 e.